The molecule has 0 fully saturated rings. The van der Waals surface area contributed by atoms with Crippen LogP contribution in [-0.4, -0.2) is 35.1 Å². The van der Waals surface area contributed by atoms with E-state index < -0.39 is 17.7 Å². The third kappa shape index (κ3) is 7.69. The fourth-order valence-corrected chi connectivity index (χ4v) is 5.01. The lowest BCUT2D eigenvalue weighted by molar-refractivity contribution is -0.138. The van der Waals surface area contributed by atoms with Crippen molar-refractivity contribution in [3.05, 3.63) is 106 Å². The zero-order valence-electron chi connectivity index (χ0n) is 21.7. The zero-order chi connectivity index (χ0) is 28.7. The van der Waals surface area contributed by atoms with Crippen LogP contribution >= 0.6 is 11.3 Å². The van der Waals surface area contributed by atoms with Crippen LogP contribution in [0.5, 0.6) is 0 Å². The number of anilines is 1. The van der Waals surface area contributed by atoms with Gasteiger partial charge >= 0.3 is 12.1 Å². The number of alkyl halides is 3. The zero-order valence-corrected chi connectivity index (χ0v) is 22.5. The molecule has 0 saturated heterocycles. The van der Waals surface area contributed by atoms with E-state index in [1.165, 1.54) is 29.0 Å². The molecule has 1 unspecified atom stereocenters. The number of benzene rings is 3. The number of nitrogens with zero attached hydrogens (tertiary/aromatic N) is 2. The number of halogens is 3. The van der Waals surface area contributed by atoms with Crippen molar-refractivity contribution in [2.24, 2.45) is 0 Å². The molecule has 0 bridgehead atoms. The minimum absolute atomic E-state index is 0.0480. The summed E-state index contributed by atoms with van der Waals surface area (Å²) in [6, 6.07) is 22.1. The van der Waals surface area contributed by atoms with E-state index in [-0.39, 0.29) is 24.8 Å². The maximum atomic E-state index is 13.0. The summed E-state index contributed by atoms with van der Waals surface area (Å²) in [6.07, 6.45) is -4.55. The molecule has 3 aromatic carbocycles. The van der Waals surface area contributed by atoms with Crippen LogP contribution in [-0.2, 0) is 17.5 Å². The Kier molecular flexibility index (Phi) is 9.21. The normalized spacial score (nSPS) is 12.1. The topological polar surface area (TPSA) is 82.5 Å². The minimum Gasteiger partial charge on any atom is -0.481 e. The minimum atomic E-state index is -4.40. The average molecular weight is 568 g/mol. The number of thiazole rings is 1. The van der Waals surface area contributed by atoms with Crippen LogP contribution in [0.3, 0.4) is 0 Å². The number of carboxylic acids is 1. The van der Waals surface area contributed by atoms with E-state index in [1.807, 2.05) is 35.7 Å². The number of rotatable bonds is 11. The molecule has 0 spiro atoms. The van der Waals surface area contributed by atoms with Gasteiger partial charge in [0.25, 0.3) is 5.91 Å². The summed E-state index contributed by atoms with van der Waals surface area (Å²) in [7, 11) is 0. The van der Waals surface area contributed by atoms with Crippen molar-refractivity contribution >= 4 is 28.3 Å². The Bertz CT molecular complexity index is 1420. The maximum absolute atomic E-state index is 13.0. The Balaban J connectivity index is 1.53. The lowest BCUT2D eigenvalue weighted by Gasteiger charge is -2.26. The Labute approximate surface area is 234 Å². The predicted molar refractivity (Wildman–Crippen MR) is 149 cm³/mol. The smallest absolute Gasteiger partial charge is 0.416 e. The monoisotopic (exact) mass is 567 g/mol. The SMILES string of the molecule is CC(CN(Cc1ccc(C(=O)NCCC(=O)O)cc1)c1nc(-c2ccc(C(F)(F)F)cc2)cs1)c1ccccc1. The molecule has 4 rings (SSSR count). The largest absolute Gasteiger partial charge is 0.481 e. The molecule has 0 radical (unpaired) electrons. The van der Waals surface area contributed by atoms with E-state index in [1.54, 1.807) is 12.1 Å². The van der Waals surface area contributed by atoms with Gasteiger partial charge in [0.05, 0.1) is 17.7 Å². The summed E-state index contributed by atoms with van der Waals surface area (Å²) in [5.41, 5.74) is 3.03. The van der Waals surface area contributed by atoms with Crippen molar-refractivity contribution in [3.8, 4) is 11.3 Å². The van der Waals surface area contributed by atoms with E-state index in [2.05, 4.69) is 29.3 Å². The summed E-state index contributed by atoms with van der Waals surface area (Å²) >= 11 is 1.42. The predicted octanol–water partition coefficient (Wildman–Crippen LogP) is 6.84. The van der Waals surface area contributed by atoms with Crippen LogP contribution < -0.4 is 10.2 Å². The van der Waals surface area contributed by atoms with Crippen LogP contribution in [0, 0.1) is 0 Å². The quantitative estimate of drug-likeness (QED) is 0.207. The van der Waals surface area contributed by atoms with Gasteiger partial charge in [-0.2, -0.15) is 13.2 Å². The van der Waals surface area contributed by atoms with Crippen molar-refractivity contribution in [2.75, 3.05) is 18.0 Å². The number of amides is 1. The van der Waals surface area contributed by atoms with Gasteiger partial charge in [0.15, 0.2) is 5.13 Å². The van der Waals surface area contributed by atoms with Gasteiger partial charge in [-0.1, -0.05) is 61.5 Å². The molecule has 0 aliphatic rings. The van der Waals surface area contributed by atoms with Crippen LogP contribution in [0.25, 0.3) is 11.3 Å². The Hall–Kier alpha value is -4.18. The third-order valence-corrected chi connectivity index (χ3v) is 7.25. The molecule has 1 aromatic heterocycles. The average Bonchev–Trinajstić information content (AvgIpc) is 3.43. The first-order valence-corrected chi connectivity index (χ1v) is 13.5. The first-order chi connectivity index (χ1) is 19.1. The molecule has 6 nitrogen and oxygen atoms in total. The molecule has 0 aliphatic carbocycles. The third-order valence-electron chi connectivity index (χ3n) is 6.35. The molecule has 0 aliphatic heterocycles. The first kappa shape index (κ1) is 28.8. The first-order valence-electron chi connectivity index (χ1n) is 12.6. The van der Waals surface area contributed by atoms with Crippen molar-refractivity contribution in [1.82, 2.24) is 10.3 Å². The van der Waals surface area contributed by atoms with Crippen LogP contribution in [0.1, 0.15) is 46.3 Å². The fraction of sp³-hybridized carbons (Fsp3) is 0.233. The molecule has 40 heavy (non-hydrogen) atoms. The summed E-state index contributed by atoms with van der Waals surface area (Å²) in [4.78, 5) is 29.9. The van der Waals surface area contributed by atoms with E-state index in [0.29, 0.717) is 29.9 Å². The second-order valence-electron chi connectivity index (χ2n) is 9.38. The molecular weight excluding hydrogens is 539 g/mol. The summed E-state index contributed by atoms with van der Waals surface area (Å²) in [5, 5.41) is 13.9. The van der Waals surface area contributed by atoms with Crippen molar-refractivity contribution in [1.29, 1.82) is 0 Å². The van der Waals surface area contributed by atoms with Crippen LogP contribution in [0.15, 0.2) is 84.2 Å². The van der Waals surface area contributed by atoms with Gasteiger partial charge in [-0.15, -0.1) is 11.3 Å². The van der Waals surface area contributed by atoms with Crippen molar-refractivity contribution in [3.63, 3.8) is 0 Å². The van der Waals surface area contributed by atoms with E-state index in [0.717, 1.165) is 22.8 Å². The summed E-state index contributed by atoms with van der Waals surface area (Å²) in [6.45, 7) is 3.31. The van der Waals surface area contributed by atoms with Crippen molar-refractivity contribution < 1.29 is 27.9 Å². The molecule has 4 aromatic rings. The molecule has 1 heterocycles. The molecule has 10 heteroatoms. The standard InChI is InChI=1S/C30H28F3N3O3S/c1-20(22-5-3-2-4-6-22)17-36(18-21-7-9-24(10-8-21)28(39)34-16-15-27(37)38)29-35-26(19-40-29)23-11-13-25(14-12-23)30(31,32)33/h2-14,19-20H,15-18H2,1H3,(H,34,39)(H,37,38). The second-order valence-corrected chi connectivity index (χ2v) is 10.2. The number of nitrogens with one attached hydrogen (secondary N) is 1. The van der Waals surface area contributed by atoms with E-state index in [4.69, 9.17) is 10.1 Å². The van der Waals surface area contributed by atoms with Gasteiger partial charge in [0.1, 0.15) is 0 Å². The number of aliphatic carboxylic acids is 1. The Morgan fingerprint density at radius 1 is 1.00 bits per heavy atom. The van der Waals surface area contributed by atoms with Gasteiger partial charge in [-0.25, -0.2) is 4.98 Å². The molecule has 2 N–H and O–H groups in total. The van der Waals surface area contributed by atoms with Gasteiger partial charge in [0.2, 0.25) is 0 Å². The highest BCUT2D eigenvalue weighted by molar-refractivity contribution is 7.14. The number of hydrogen-bond acceptors (Lipinski definition) is 5. The highest BCUT2D eigenvalue weighted by atomic mass is 32.1. The number of carbonyl (C=O) groups is 2. The molecule has 208 valence electrons. The highest BCUT2D eigenvalue weighted by Crippen LogP contribution is 2.33. The summed E-state index contributed by atoms with van der Waals surface area (Å²) < 4.78 is 39.0. The maximum Gasteiger partial charge on any atom is 0.416 e. The summed E-state index contributed by atoms with van der Waals surface area (Å²) in [5.74, 6) is -1.16. The second kappa shape index (κ2) is 12.8. The van der Waals surface area contributed by atoms with E-state index >= 15 is 0 Å². The Morgan fingerprint density at radius 3 is 2.30 bits per heavy atom. The lowest BCUT2D eigenvalue weighted by atomic mass is 10.0. The highest BCUT2D eigenvalue weighted by Gasteiger charge is 2.30. The lowest BCUT2D eigenvalue weighted by Crippen LogP contribution is -2.27. The van der Waals surface area contributed by atoms with Crippen LogP contribution in [0.2, 0.25) is 0 Å². The number of aromatic nitrogens is 1. The molecular formula is C30H28F3N3O3S. The van der Waals surface area contributed by atoms with Gasteiger partial charge in [0, 0.05) is 36.1 Å². The number of carbonyl (C=O) groups excluding carboxylic acids is 1. The van der Waals surface area contributed by atoms with Crippen LogP contribution in [0.4, 0.5) is 18.3 Å². The van der Waals surface area contributed by atoms with Gasteiger partial charge in [-0.3, -0.25) is 9.59 Å². The molecule has 0 saturated carbocycles. The molecule has 1 atom stereocenters. The van der Waals surface area contributed by atoms with Gasteiger partial charge in [-0.05, 0) is 41.3 Å². The fourth-order valence-electron chi connectivity index (χ4n) is 4.17. The van der Waals surface area contributed by atoms with E-state index in [9.17, 15) is 22.8 Å². The molecule has 1 amide bonds. The van der Waals surface area contributed by atoms with Gasteiger partial charge < -0.3 is 15.3 Å². The Morgan fingerprint density at radius 2 is 1.68 bits per heavy atom. The number of hydrogen-bond donors (Lipinski definition) is 2. The van der Waals surface area contributed by atoms with Crippen molar-refractivity contribution in [2.45, 2.75) is 32.0 Å². The number of carboxylic acid groups (broad SMARTS) is 1.